The third kappa shape index (κ3) is 5.74. The Bertz CT molecular complexity index is 817. The number of hydrogen-bond acceptors (Lipinski definition) is 4. The van der Waals surface area contributed by atoms with E-state index in [-0.39, 0.29) is 19.0 Å². The molecule has 2 aromatic carbocycles. The van der Waals surface area contributed by atoms with E-state index in [1.807, 2.05) is 0 Å². The highest BCUT2D eigenvalue weighted by molar-refractivity contribution is 9.10. The normalized spacial score (nSPS) is 10.6. The molecule has 0 fully saturated rings. The standard InChI is InChI=1S/C20H18BrFO4/c1-3-9-25-19(23)8-7-14-11-17(21)20(18(12-14)24-2)26-13-15-5-4-6-16(22)10-15/h3-8,10-12H,1,9,13H2,2H3/b8-7+. The van der Waals surface area contributed by atoms with Crippen LogP contribution in [0.15, 0.2) is 59.6 Å². The van der Waals surface area contributed by atoms with Crippen LogP contribution >= 0.6 is 15.9 Å². The first-order chi connectivity index (χ1) is 12.5. The Labute approximate surface area is 160 Å². The molecule has 2 aromatic rings. The van der Waals surface area contributed by atoms with Crippen molar-refractivity contribution in [1.29, 1.82) is 0 Å². The summed E-state index contributed by atoms with van der Waals surface area (Å²) < 4.78 is 29.9. The van der Waals surface area contributed by atoms with Crippen molar-refractivity contribution in [2.24, 2.45) is 0 Å². The van der Waals surface area contributed by atoms with E-state index in [1.54, 1.807) is 30.3 Å². The van der Waals surface area contributed by atoms with Crippen molar-refractivity contribution in [2.75, 3.05) is 13.7 Å². The first-order valence-electron chi connectivity index (χ1n) is 7.74. The summed E-state index contributed by atoms with van der Waals surface area (Å²) >= 11 is 3.43. The lowest BCUT2D eigenvalue weighted by Gasteiger charge is -2.13. The van der Waals surface area contributed by atoms with Crippen molar-refractivity contribution in [1.82, 2.24) is 0 Å². The van der Waals surface area contributed by atoms with E-state index in [0.717, 1.165) is 5.56 Å². The van der Waals surface area contributed by atoms with Crippen LogP contribution in [0.3, 0.4) is 0 Å². The Hall–Kier alpha value is -2.60. The van der Waals surface area contributed by atoms with Gasteiger partial charge in [0.15, 0.2) is 11.5 Å². The molecule has 0 aliphatic rings. The SMILES string of the molecule is C=CCOC(=O)/C=C/c1cc(Br)c(OCc2cccc(F)c2)c(OC)c1. The molecule has 0 heterocycles. The molecule has 136 valence electrons. The fraction of sp³-hybridized carbons (Fsp3) is 0.150. The summed E-state index contributed by atoms with van der Waals surface area (Å²) in [6.45, 7) is 3.83. The lowest BCUT2D eigenvalue weighted by Crippen LogP contribution is -2.00. The molecule has 4 nitrogen and oxygen atoms in total. The van der Waals surface area contributed by atoms with Gasteiger partial charge in [-0.2, -0.15) is 0 Å². The maximum absolute atomic E-state index is 13.3. The van der Waals surface area contributed by atoms with Crippen LogP contribution in [-0.2, 0) is 16.1 Å². The van der Waals surface area contributed by atoms with E-state index >= 15 is 0 Å². The van der Waals surface area contributed by atoms with Gasteiger partial charge in [0.1, 0.15) is 19.0 Å². The summed E-state index contributed by atoms with van der Waals surface area (Å²) in [5.74, 6) is 0.186. The molecule has 0 amide bonds. The molecule has 0 unspecified atom stereocenters. The van der Waals surface area contributed by atoms with Gasteiger partial charge in [-0.05, 0) is 57.4 Å². The Balaban J connectivity index is 2.14. The van der Waals surface area contributed by atoms with Crippen LogP contribution in [0.1, 0.15) is 11.1 Å². The fourth-order valence-electron chi connectivity index (χ4n) is 2.11. The van der Waals surface area contributed by atoms with E-state index in [4.69, 9.17) is 14.2 Å². The predicted molar refractivity (Wildman–Crippen MR) is 102 cm³/mol. The van der Waals surface area contributed by atoms with Crippen molar-refractivity contribution in [3.63, 3.8) is 0 Å². The monoisotopic (exact) mass is 420 g/mol. The highest BCUT2D eigenvalue weighted by Crippen LogP contribution is 2.37. The molecule has 2 rings (SSSR count). The summed E-state index contributed by atoms with van der Waals surface area (Å²) in [5, 5.41) is 0. The lowest BCUT2D eigenvalue weighted by molar-refractivity contribution is -0.136. The average Bonchev–Trinajstić information content (AvgIpc) is 2.63. The maximum Gasteiger partial charge on any atom is 0.331 e. The second-order valence-corrected chi connectivity index (χ2v) is 6.06. The third-order valence-corrected chi connectivity index (χ3v) is 3.87. The zero-order chi connectivity index (χ0) is 18.9. The molecule has 0 aromatic heterocycles. The van der Waals surface area contributed by atoms with Gasteiger partial charge < -0.3 is 14.2 Å². The number of halogens is 2. The molecule has 0 aliphatic heterocycles. The first kappa shape index (κ1) is 19.7. The minimum atomic E-state index is -0.466. The van der Waals surface area contributed by atoms with Crippen molar-refractivity contribution in [3.05, 3.63) is 76.5 Å². The molecule has 0 spiro atoms. The summed E-state index contributed by atoms with van der Waals surface area (Å²) in [4.78, 5) is 11.5. The van der Waals surface area contributed by atoms with Crippen molar-refractivity contribution in [3.8, 4) is 11.5 Å². The smallest absolute Gasteiger partial charge is 0.331 e. The molecule has 0 bridgehead atoms. The Morgan fingerprint density at radius 1 is 1.31 bits per heavy atom. The van der Waals surface area contributed by atoms with Crippen LogP contribution in [-0.4, -0.2) is 19.7 Å². The molecule has 0 N–H and O–H groups in total. The van der Waals surface area contributed by atoms with E-state index in [9.17, 15) is 9.18 Å². The summed E-state index contributed by atoms with van der Waals surface area (Å²) in [7, 11) is 1.52. The Morgan fingerprint density at radius 3 is 2.81 bits per heavy atom. The van der Waals surface area contributed by atoms with E-state index in [2.05, 4.69) is 22.5 Å². The number of hydrogen-bond donors (Lipinski definition) is 0. The van der Waals surface area contributed by atoms with Gasteiger partial charge in [-0.25, -0.2) is 9.18 Å². The quantitative estimate of drug-likeness (QED) is 0.345. The van der Waals surface area contributed by atoms with Crippen molar-refractivity contribution < 1.29 is 23.4 Å². The lowest BCUT2D eigenvalue weighted by atomic mass is 10.2. The molecule has 26 heavy (non-hydrogen) atoms. The number of benzene rings is 2. The van der Waals surface area contributed by atoms with Gasteiger partial charge in [0.25, 0.3) is 0 Å². The minimum Gasteiger partial charge on any atom is -0.493 e. The van der Waals surface area contributed by atoms with Crippen LogP contribution in [0.25, 0.3) is 6.08 Å². The highest BCUT2D eigenvalue weighted by atomic mass is 79.9. The molecule has 0 radical (unpaired) electrons. The largest absolute Gasteiger partial charge is 0.493 e. The van der Waals surface area contributed by atoms with Crippen LogP contribution in [0, 0.1) is 5.82 Å². The van der Waals surface area contributed by atoms with E-state index in [1.165, 1.54) is 31.4 Å². The first-order valence-corrected chi connectivity index (χ1v) is 8.53. The van der Waals surface area contributed by atoms with Crippen LogP contribution in [0.5, 0.6) is 11.5 Å². The molecular formula is C20H18BrFO4. The van der Waals surface area contributed by atoms with Gasteiger partial charge in [0.2, 0.25) is 0 Å². The van der Waals surface area contributed by atoms with Gasteiger partial charge in [-0.1, -0.05) is 24.8 Å². The van der Waals surface area contributed by atoms with Gasteiger partial charge in [0, 0.05) is 6.08 Å². The number of carbonyl (C=O) groups excluding carboxylic acids is 1. The van der Waals surface area contributed by atoms with E-state index < -0.39 is 5.97 Å². The Kier molecular flexibility index (Phi) is 7.41. The van der Waals surface area contributed by atoms with Crippen LogP contribution in [0.2, 0.25) is 0 Å². The number of ether oxygens (including phenoxy) is 3. The zero-order valence-corrected chi connectivity index (χ0v) is 15.8. The van der Waals surface area contributed by atoms with E-state index in [0.29, 0.717) is 21.5 Å². The fourth-order valence-corrected chi connectivity index (χ4v) is 2.69. The maximum atomic E-state index is 13.3. The van der Waals surface area contributed by atoms with Crippen LogP contribution < -0.4 is 9.47 Å². The highest BCUT2D eigenvalue weighted by Gasteiger charge is 2.12. The number of methoxy groups -OCH3 is 1. The molecule has 0 aliphatic carbocycles. The van der Waals surface area contributed by atoms with Crippen LogP contribution in [0.4, 0.5) is 4.39 Å². The number of carbonyl (C=O) groups is 1. The minimum absolute atomic E-state index is 0.156. The summed E-state index contributed by atoms with van der Waals surface area (Å²) in [6.07, 6.45) is 4.42. The number of esters is 1. The van der Waals surface area contributed by atoms with Crippen molar-refractivity contribution in [2.45, 2.75) is 6.61 Å². The third-order valence-electron chi connectivity index (χ3n) is 3.28. The molecular weight excluding hydrogens is 403 g/mol. The number of rotatable bonds is 8. The molecule has 0 saturated heterocycles. The van der Waals surface area contributed by atoms with Gasteiger partial charge >= 0.3 is 5.97 Å². The second-order valence-electron chi connectivity index (χ2n) is 5.20. The summed E-state index contributed by atoms with van der Waals surface area (Å²) in [5.41, 5.74) is 1.43. The topological polar surface area (TPSA) is 44.8 Å². The Morgan fingerprint density at radius 2 is 2.12 bits per heavy atom. The molecule has 6 heteroatoms. The summed E-state index contributed by atoms with van der Waals surface area (Å²) in [6, 6.07) is 9.69. The molecule has 0 atom stereocenters. The van der Waals surface area contributed by atoms with Gasteiger partial charge in [0.05, 0.1) is 11.6 Å². The second kappa shape index (κ2) is 9.77. The van der Waals surface area contributed by atoms with Crippen molar-refractivity contribution >= 4 is 28.0 Å². The van der Waals surface area contributed by atoms with Gasteiger partial charge in [-0.15, -0.1) is 0 Å². The van der Waals surface area contributed by atoms with Gasteiger partial charge in [-0.3, -0.25) is 0 Å². The zero-order valence-electron chi connectivity index (χ0n) is 14.2. The molecule has 0 saturated carbocycles. The average molecular weight is 421 g/mol. The predicted octanol–water partition coefficient (Wildman–Crippen LogP) is 4.92.